The van der Waals surface area contributed by atoms with Crippen molar-refractivity contribution in [1.29, 1.82) is 0 Å². The number of hydrogen-bond donors (Lipinski definition) is 1. The molecule has 0 radical (unpaired) electrons. The minimum atomic E-state index is 0.290. The van der Waals surface area contributed by atoms with Crippen molar-refractivity contribution in [3.05, 3.63) is 60.2 Å². The first kappa shape index (κ1) is 12.0. The average molecular weight is 246 g/mol. The van der Waals surface area contributed by atoms with Crippen LogP contribution in [0.1, 0.15) is 5.56 Å². The zero-order chi connectivity index (χ0) is 11.9. The summed E-state index contributed by atoms with van der Waals surface area (Å²) in [6, 6.07) is 17.3. The molecule has 0 aliphatic carbocycles. The van der Waals surface area contributed by atoms with Gasteiger partial charge in [0.05, 0.1) is 12.5 Å². The Kier molecular flexibility index (Phi) is 4.47. The second-order valence-electron chi connectivity index (χ2n) is 3.59. The van der Waals surface area contributed by atoms with Gasteiger partial charge in [0.25, 0.3) is 0 Å². The van der Waals surface area contributed by atoms with E-state index >= 15 is 0 Å². The zero-order valence-electron chi connectivity index (χ0n) is 9.37. The molecule has 2 nitrogen and oxygen atoms in total. The number of phenols is 1. The Labute approximate surface area is 105 Å². The molecule has 0 aliphatic heterocycles. The van der Waals surface area contributed by atoms with E-state index < -0.39 is 0 Å². The standard InChI is InChI=1S/C14H14O2S/c15-13-7-4-8-14(9-13)17-11-16-10-12-5-2-1-3-6-12/h1-9,15H,10-11H2. The molecule has 0 bridgehead atoms. The second kappa shape index (κ2) is 6.33. The molecule has 0 heterocycles. The van der Waals surface area contributed by atoms with E-state index in [9.17, 15) is 5.11 Å². The maximum atomic E-state index is 9.29. The average Bonchev–Trinajstić information content (AvgIpc) is 2.36. The van der Waals surface area contributed by atoms with Crippen LogP contribution in [0.4, 0.5) is 0 Å². The highest BCUT2D eigenvalue weighted by molar-refractivity contribution is 7.99. The van der Waals surface area contributed by atoms with Crippen molar-refractivity contribution in [1.82, 2.24) is 0 Å². The van der Waals surface area contributed by atoms with E-state index in [4.69, 9.17) is 4.74 Å². The summed E-state index contributed by atoms with van der Waals surface area (Å²) >= 11 is 1.57. The molecular weight excluding hydrogens is 232 g/mol. The lowest BCUT2D eigenvalue weighted by molar-refractivity contribution is 0.169. The molecule has 0 spiro atoms. The van der Waals surface area contributed by atoms with Gasteiger partial charge < -0.3 is 9.84 Å². The number of rotatable bonds is 5. The van der Waals surface area contributed by atoms with Gasteiger partial charge in [0.1, 0.15) is 5.75 Å². The van der Waals surface area contributed by atoms with Gasteiger partial charge in [-0.3, -0.25) is 0 Å². The Bertz CT molecular complexity index is 457. The van der Waals surface area contributed by atoms with Crippen molar-refractivity contribution in [2.24, 2.45) is 0 Å². The predicted molar refractivity (Wildman–Crippen MR) is 70.1 cm³/mol. The van der Waals surface area contributed by atoms with Crippen molar-refractivity contribution in [3.63, 3.8) is 0 Å². The maximum absolute atomic E-state index is 9.29. The third kappa shape index (κ3) is 4.13. The lowest BCUT2D eigenvalue weighted by Gasteiger charge is -2.04. The molecule has 1 N–H and O–H groups in total. The third-order valence-corrected chi connectivity index (χ3v) is 3.11. The van der Waals surface area contributed by atoms with Gasteiger partial charge in [-0.25, -0.2) is 0 Å². The van der Waals surface area contributed by atoms with Crippen molar-refractivity contribution >= 4 is 11.8 Å². The van der Waals surface area contributed by atoms with Crippen molar-refractivity contribution in [2.75, 3.05) is 5.94 Å². The highest BCUT2D eigenvalue weighted by Crippen LogP contribution is 2.22. The van der Waals surface area contributed by atoms with Crippen LogP contribution in [0.25, 0.3) is 0 Å². The number of hydrogen-bond acceptors (Lipinski definition) is 3. The predicted octanol–water partition coefficient (Wildman–Crippen LogP) is 3.66. The molecule has 0 aliphatic rings. The first-order chi connectivity index (χ1) is 8.34. The molecule has 2 rings (SSSR count). The molecule has 88 valence electrons. The van der Waals surface area contributed by atoms with E-state index in [2.05, 4.69) is 0 Å². The monoisotopic (exact) mass is 246 g/mol. The van der Waals surface area contributed by atoms with Crippen LogP contribution in [0.5, 0.6) is 5.75 Å². The molecule has 0 saturated heterocycles. The third-order valence-electron chi connectivity index (χ3n) is 2.24. The molecule has 2 aromatic carbocycles. The van der Waals surface area contributed by atoms with E-state index in [1.54, 1.807) is 23.9 Å². The van der Waals surface area contributed by atoms with Crippen LogP contribution in [0.2, 0.25) is 0 Å². The van der Waals surface area contributed by atoms with Crippen LogP contribution in [0, 0.1) is 0 Å². The fourth-order valence-electron chi connectivity index (χ4n) is 1.42. The summed E-state index contributed by atoms with van der Waals surface area (Å²) in [5.41, 5.74) is 1.17. The first-order valence-corrected chi connectivity index (χ1v) is 6.36. The van der Waals surface area contributed by atoms with Crippen LogP contribution >= 0.6 is 11.8 Å². The van der Waals surface area contributed by atoms with Gasteiger partial charge >= 0.3 is 0 Å². The first-order valence-electron chi connectivity index (χ1n) is 5.38. The summed E-state index contributed by atoms with van der Waals surface area (Å²) in [6.07, 6.45) is 0. The molecular formula is C14H14O2S. The fourth-order valence-corrected chi connectivity index (χ4v) is 2.10. The Morgan fingerprint density at radius 2 is 1.82 bits per heavy atom. The molecule has 3 heteroatoms. The van der Waals surface area contributed by atoms with Gasteiger partial charge in [0.2, 0.25) is 0 Å². The molecule has 0 atom stereocenters. The van der Waals surface area contributed by atoms with Crippen LogP contribution in [0.3, 0.4) is 0 Å². The Hall–Kier alpha value is -1.45. The zero-order valence-corrected chi connectivity index (χ0v) is 10.2. The number of aromatic hydroxyl groups is 1. The summed E-state index contributed by atoms with van der Waals surface area (Å²) in [5.74, 6) is 0.872. The molecule has 0 amide bonds. The van der Waals surface area contributed by atoms with E-state index in [1.807, 2.05) is 42.5 Å². The number of thioether (sulfide) groups is 1. The molecule has 0 unspecified atom stereocenters. The summed E-state index contributed by atoms with van der Waals surface area (Å²) in [7, 11) is 0. The van der Waals surface area contributed by atoms with E-state index in [0.29, 0.717) is 12.5 Å². The molecule has 0 aromatic heterocycles. The van der Waals surface area contributed by atoms with Crippen LogP contribution < -0.4 is 0 Å². The Balaban J connectivity index is 1.73. The quantitative estimate of drug-likeness (QED) is 0.496. The minimum absolute atomic E-state index is 0.290. The normalized spacial score (nSPS) is 10.4. The maximum Gasteiger partial charge on any atom is 0.116 e. The van der Waals surface area contributed by atoms with Gasteiger partial charge in [-0.2, -0.15) is 0 Å². The van der Waals surface area contributed by atoms with Crippen LogP contribution in [-0.2, 0) is 11.3 Å². The van der Waals surface area contributed by atoms with Gasteiger partial charge in [-0.05, 0) is 23.8 Å². The minimum Gasteiger partial charge on any atom is -0.508 e. The lowest BCUT2D eigenvalue weighted by Crippen LogP contribution is -1.91. The molecule has 0 fully saturated rings. The summed E-state index contributed by atoms with van der Waals surface area (Å²) < 4.78 is 5.54. The van der Waals surface area contributed by atoms with Gasteiger partial charge in [0.15, 0.2) is 0 Å². The van der Waals surface area contributed by atoms with Crippen LogP contribution in [-0.4, -0.2) is 11.0 Å². The summed E-state index contributed by atoms with van der Waals surface area (Å²) in [4.78, 5) is 1.01. The molecule has 2 aromatic rings. The Morgan fingerprint density at radius 1 is 1.00 bits per heavy atom. The van der Waals surface area contributed by atoms with Crippen molar-refractivity contribution in [3.8, 4) is 5.75 Å². The van der Waals surface area contributed by atoms with Gasteiger partial charge in [0, 0.05) is 4.90 Å². The molecule has 17 heavy (non-hydrogen) atoms. The van der Waals surface area contributed by atoms with E-state index in [1.165, 1.54) is 5.56 Å². The number of ether oxygens (including phenoxy) is 1. The van der Waals surface area contributed by atoms with Crippen molar-refractivity contribution < 1.29 is 9.84 Å². The fraction of sp³-hybridized carbons (Fsp3) is 0.143. The SMILES string of the molecule is Oc1cccc(SCOCc2ccccc2)c1. The smallest absolute Gasteiger partial charge is 0.116 e. The van der Waals surface area contributed by atoms with Crippen LogP contribution in [0.15, 0.2) is 59.5 Å². The highest BCUT2D eigenvalue weighted by atomic mass is 32.2. The number of phenolic OH excluding ortho intramolecular Hbond substituents is 1. The lowest BCUT2D eigenvalue weighted by atomic mass is 10.2. The van der Waals surface area contributed by atoms with Gasteiger partial charge in [-0.1, -0.05) is 48.2 Å². The van der Waals surface area contributed by atoms with E-state index in [0.717, 1.165) is 4.90 Å². The Morgan fingerprint density at radius 3 is 2.59 bits per heavy atom. The number of benzene rings is 2. The highest BCUT2D eigenvalue weighted by Gasteiger charge is 1.96. The topological polar surface area (TPSA) is 29.5 Å². The van der Waals surface area contributed by atoms with E-state index in [-0.39, 0.29) is 5.75 Å². The molecule has 0 saturated carbocycles. The van der Waals surface area contributed by atoms with Gasteiger partial charge in [-0.15, -0.1) is 0 Å². The second-order valence-corrected chi connectivity index (χ2v) is 4.59. The van der Waals surface area contributed by atoms with Crippen molar-refractivity contribution in [2.45, 2.75) is 11.5 Å². The summed E-state index contributed by atoms with van der Waals surface area (Å²) in [5, 5.41) is 9.29. The summed E-state index contributed by atoms with van der Waals surface area (Å²) in [6.45, 7) is 0.618. The largest absolute Gasteiger partial charge is 0.508 e.